The molecular formula is C13H12ClF2NO2. The van der Waals surface area contributed by atoms with Crippen LogP contribution < -0.4 is 5.73 Å². The zero-order valence-corrected chi connectivity index (χ0v) is 10.9. The Morgan fingerprint density at radius 3 is 2.74 bits per heavy atom. The number of rotatable bonds is 4. The Bertz CT molecular complexity index is 586. The maximum Gasteiger partial charge on any atom is 0.142 e. The van der Waals surface area contributed by atoms with E-state index in [1.165, 1.54) is 7.11 Å². The van der Waals surface area contributed by atoms with Gasteiger partial charge < -0.3 is 14.9 Å². The van der Waals surface area contributed by atoms with Gasteiger partial charge in [-0.2, -0.15) is 0 Å². The zero-order chi connectivity index (χ0) is 14.0. The fraction of sp³-hybridized carbons (Fsp3) is 0.231. The molecule has 0 spiro atoms. The van der Waals surface area contributed by atoms with E-state index in [1.54, 1.807) is 12.1 Å². The Morgan fingerprint density at radius 2 is 2.05 bits per heavy atom. The molecule has 3 nitrogen and oxygen atoms in total. The van der Waals surface area contributed by atoms with Gasteiger partial charge in [0.05, 0.1) is 11.1 Å². The van der Waals surface area contributed by atoms with Crippen LogP contribution in [0.15, 0.2) is 28.7 Å². The number of methoxy groups -OCH3 is 1. The van der Waals surface area contributed by atoms with Gasteiger partial charge in [-0.3, -0.25) is 0 Å². The highest BCUT2D eigenvalue weighted by molar-refractivity contribution is 6.30. The first-order chi connectivity index (χ1) is 9.02. The van der Waals surface area contributed by atoms with Crippen LogP contribution in [-0.2, 0) is 11.3 Å². The molecule has 19 heavy (non-hydrogen) atoms. The quantitative estimate of drug-likeness (QED) is 0.877. The molecule has 2 N–H and O–H groups in total. The molecule has 1 atom stereocenters. The van der Waals surface area contributed by atoms with Crippen LogP contribution in [0.25, 0.3) is 0 Å². The number of nitrogens with two attached hydrogens (primary N) is 1. The molecule has 1 aromatic carbocycles. The Morgan fingerprint density at radius 1 is 1.32 bits per heavy atom. The van der Waals surface area contributed by atoms with Crippen molar-refractivity contribution in [3.8, 4) is 0 Å². The molecule has 1 heterocycles. The lowest BCUT2D eigenvalue weighted by molar-refractivity contribution is 0.162. The molecule has 0 amide bonds. The van der Waals surface area contributed by atoms with Crippen molar-refractivity contribution in [2.24, 2.45) is 5.73 Å². The van der Waals surface area contributed by atoms with E-state index in [-0.39, 0.29) is 17.2 Å². The molecule has 6 heteroatoms. The molecule has 2 rings (SSSR count). The highest BCUT2D eigenvalue weighted by Crippen LogP contribution is 2.27. The summed E-state index contributed by atoms with van der Waals surface area (Å²) in [6.45, 7) is 0.282. The molecule has 0 radical (unpaired) electrons. The van der Waals surface area contributed by atoms with E-state index >= 15 is 0 Å². The van der Waals surface area contributed by atoms with E-state index in [1.807, 2.05) is 0 Å². The number of benzene rings is 1. The summed E-state index contributed by atoms with van der Waals surface area (Å²) in [7, 11) is 1.52. The zero-order valence-electron chi connectivity index (χ0n) is 10.1. The van der Waals surface area contributed by atoms with E-state index in [0.717, 1.165) is 12.1 Å². The predicted octanol–water partition coefficient (Wildman–Crippen LogP) is 3.41. The second-order valence-corrected chi connectivity index (χ2v) is 4.41. The molecule has 0 bridgehead atoms. The Kier molecular flexibility index (Phi) is 4.19. The highest BCUT2D eigenvalue weighted by atomic mass is 35.5. The van der Waals surface area contributed by atoms with Gasteiger partial charge in [-0.1, -0.05) is 11.6 Å². The van der Waals surface area contributed by atoms with Crippen molar-refractivity contribution in [2.75, 3.05) is 7.11 Å². The van der Waals surface area contributed by atoms with Crippen molar-refractivity contribution >= 4 is 11.6 Å². The summed E-state index contributed by atoms with van der Waals surface area (Å²) >= 11 is 5.49. The maximum absolute atomic E-state index is 13.7. The lowest BCUT2D eigenvalue weighted by Gasteiger charge is -2.11. The fourth-order valence-corrected chi connectivity index (χ4v) is 1.86. The van der Waals surface area contributed by atoms with Crippen LogP contribution in [0, 0.1) is 11.6 Å². The molecule has 0 saturated carbocycles. The van der Waals surface area contributed by atoms with E-state index in [9.17, 15) is 8.78 Å². The summed E-state index contributed by atoms with van der Waals surface area (Å²) < 4.78 is 37.4. The minimum atomic E-state index is -0.905. The van der Waals surface area contributed by atoms with Crippen LogP contribution in [-0.4, -0.2) is 7.11 Å². The van der Waals surface area contributed by atoms with Gasteiger partial charge in [-0.25, -0.2) is 8.78 Å². The number of hydrogen-bond donors (Lipinski definition) is 1. The van der Waals surface area contributed by atoms with Crippen molar-refractivity contribution in [3.63, 3.8) is 0 Å². The molecule has 1 aromatic heterocycles. The van der Waals surface area contributed by atoms with Crippen molar-refractivity contribution in [1.82, 2.24) is 0 Å². The molecule has 0 saturated heterocycles. The first-order valence-corrected chi connectivity index (χ1v) is 5.88. The number of halogens is 3. The monoisotopic (exact) mass is 287 g/mol. The van der Waals surface area contributed by atoms with E-state index in [0.29, 0.717) is 11.5 Å². The molecule has 0 aliphatic carbocycles. The van der Waals surface area contributed by atoms with E-state index in [4.69, 9.17) is 26.5 Å². The lowest BCUT2D eigenvalue weighted by atomic mass is 10.0. The largest absolute Gasteiger partial charge is 0.462 e. The normalized spacial score (nSPS) is 12.7. The van der Waals surface area contributed by atoms with E-state index in [2.05, 4.69) is 0 Å². The summed E-state index contributed by atoms with van der Waals surface area (Å²) in [5.74, 6) is -0.517. The molecule has 0 fully saturated rings. The first-order valence-electron chi connectivity index (χ1n) is 5.50. The van der Waals surface area contributed by atoms with Crippen molar-refractivity contribution in [3.05, 3.63) is 58.0 Å². The highest BCUT2D eigenvalue weighted by Gasteiger charge is 2.19. The maximum atomic E-state index is 13.7. The van der Waals surface area contributed by atoms with Crippen LogP contribution in [0.4, 0.5) is 8.78 Å². The minimum absolute atomic E-state index is 0.0137. The number of ether oxygens (including phenoxy) is 1. The minimum Gasteiger partial charge on any atom is -0.462 e. The van der Waals surface area contributed by atoms with Crippen molar-refractivity contribution in [2.45, 2.75) is 12.6 Å². The average Bonchev–Trinajstić information content (AvgIpc) is 2.82. The van der Waals surface area contributed by atoms with Crippen LogP contribution in [0.2, 0.25) is 5.02 Å². The molecule has 1 unspecified atom stereocenters. The third kappa shape index (κ3) is 2.94. The van der Waals surface area contributed by atoms with Crippen molar-refractivity contribution < 1.29 is 17.9 Å². The Labute approximate surface area is 113 Å². The molecule has 0 aliphatic heterocycles. The van der Waals surface area contributed by atoms with Gasteiger partial charge >= 0.3 is 0 Å². The summed E-state index contributed by atoms with van der Waals surface area (Å²) in [5.41, 5.74) is 5.85. The second kappa shape index (κ2) is 5.69. The van der Waals surface area contributed by atoms with Crippen LogP contribution in [0.3, 0.4) is 0 Å². The number of furan rings is 1. The Balaban J connectivity index is 2.32. The van der Waals surface area contributed by atoms with Crippen LogP contribution >= 0.6 is 11.6 Å². The molecular weight excluding hydrogens is 276 g/mol. The Hall–Kier alpha value is -1.43. The first kappa shape index (κ1) is 14.0. The topological polar surface area (TPSA) is 48.4 Å². The molecule has 0 aliphatic rings. The van der Waals surface area contributed by atoms with Crippen LogP contribution in [0.5, 0.6) is 0 Å². The summed E-state index contributed by atoms with van der Waals surface area (Å²) in [5, 5.41) is -0.284. The fourth-order valence-electron chi connectivity index (χ4n) is 1.71. The van der Waals surface area contributed by atoms with Gasteiger partial charge in [-0.15, -0.1) is 0 Å². The van der Waals surface area contributed by atoms with Gasteiger partial charge in [0.25, 0.3) is 0 Å². The van der Waals surface area contributed by atoms with Gasteiger partial charge in [0.15, 0.2) is 0 Å². The SMILES string of the molecule is COCc1ccc(C(N)c2cc(F)c(Cl)cc2F)o1. The smallest absolute Gasteiger partial charge is 0.142 e. The van der Waals surface area contributed by atoms with E-state index < -0.39 is 17.7 Å². The van der Waals surface area contributed by atoms with Crippen LogP contribution in [0.1, 0.15) is 23.1 Å². The van der Waals surface area contributed by atoms with Gasteiger partial charge in [0, 0.05) is 12.7 Å². The van der Waals surface area contributed by atoms with Gasteiger partial charge in [-0.05, 0) is 24.3 Å². The lowest BCUT2D eigenvalue weighted by Crippen LogP contribution is -2.13. The van der Waals surface area contributed by atoms with Gasteiger partial charge in [0.1, 0.15) is 29.8 Å². The second-order valence-electron chi connectivity index (χ2n) is 4.00. The summed E-state index contributed by atoms with van der Waals surface area (Å²) in [6.07, 6.45) is 0. The third-order valence-electron chi connectivity index (χ3n) is 2.65. The summed E-state index contributed by atoms with van der Waals surface area (Å²) in [4.78, 5) is 0. The standard InChI is InChI=1S/C13H12ClF2NO2/c1-18-6-7-2-3-12(19-7)13(17)8-4-11(16)9(14)5-10(8)15/h2-5,13H,6,17H2,1H3. The number of hydrogen-bond acceptors (Lipinski definition) is 3. The summed E-state index contributed by atoms with van der Waals surface area (Å²) in [6, 6.07) is 4.23. The third-order valence-corrected chi connectivity index (χ3v) is 2.94. The average molecular weight is 288 g/mol. The predicted molar refractivity (Wildman–Crippen MR) is 66.8 cm³/mol. The molecule has 102 valence electrons. The van der Waals surface area contributed by atoms with Crippen molar-refractivity contribution in [1.29, 1.82) is 0 Å². The van der Waals surface area contributed by atoms with Gasteiger partial charge in [0.2, 0.25) is 0 Å². The molecule has 2 aromatic rings.